The van der Waals surface area contributed by atoms with Crippen molar-refractivity contribution in [1.29, 1.82) is 0 Å². The number of carbonyl (C=O) groups excluding carboxylic acids is 1. The molecule has 0 radical (unpaired) electrons. The number of ether oxygens (including phenoxy) is 1. The number of hydrogen-bond donors (Lipinski definition) is 0. The monoisotopic (exact) mass is 430 g/mol. The number of sulfone groups is 1. The number of aryl methyl sites for hydroxylation is 1. The summed E-state index contributed by atoms with van der Waals surface area (Å²) < 4.78 is 28.6. The van der Waals surface area contributed by atoms with Gasteiger partial charge >= 0.3 is 0 Å². The van der Waals surface area contributed by atoms with E-state index < -0.39 is 9.84 Å². The Bertz CT molecular complexity index is 979. The van der Waals surface area contributed by atoms with Crippen molar-refractivity contribution in [2.45, 2.75) is 31.6 Å². The molecular formula is C23H30N2O4S. The molecule has 1 amide bonds. The Morgan fingerprint density at radius 2 is 1.67 bits per heavy atom. The molecule has 1 fully saturated rings. The van der Waals surface area contributed by atoms with Crippen molar-refractivity contribution in [2.24, 2.45) is 0 Å². The average Bonchev–Trinajstić information content (AvgIpc) is 2.73. The van der Waals surface area contributed by atoms with Gasteiger partial charge in [0.25, 0.3) is 0 Å². The summed E-state index contributed by atoms with van der Waals surface area (Å²) in [5.41, 5.74) is 3.85. The van der Waals surface area contributed by atoms with E-state index in [-0.39, 0.29) is 10.8 Å². The third kappa shape index (κ3) is 5.53. The first-order chi connectivity index (χ1) is 14.3. The fraction of sp³-hybridized carbons (Fsp3) is 0.435. The van der Waals surface area contributed by atoms with Crippen molar-refractivity contribution in [1.82, 2.24) is 4.90 Å². The quantitative estimate of drug-likeness (QED) is 0.631. The topological polar surface area (TPSA) is 66.9 Å². The van der Waals surface area contributed by atoms with Crippen molar-refractivity contribution in [2.75, 3.05) is 43.9 Å². The summed E-state index contributed by atoms with van der Waals surface area (Å²) in [5, 5.41) is 0. The molecule has 1 aliphatic rings. The van der Waals surface area contributed by atoms with Gasteiger partial charge in [-0.1, -0.05) is 12.1 Å². The maximum absolute atomic E-state index is 12.5. The van der Waals surface area contributed by atoms with E-state index in [1.165, 1.54) is 35.2 Å². The van der Waals surface area contributed by atoms with Gasteiger partial charge in [0.2, 0.25) is 5.91 Å². The van der Waals surface area contributed by atoms with Crippen LogP contribution < -0.4 is 9.64 Å². The van der Waals surface area contributed by atoms with E-state index in [1.807, 2.05) is 4.90 Å². The molecule has 7 heteroatoms. The number of amides is 1. The molecule has 0 aromatic heterocycles. The third-order valence-electron chi connectivity index (χ3n) is 5.60. The Balaban J connectivity index is 1.40. The normalized spacial score (nSPS) is 14.6. The molecule has 6 nitrogen and oxygen atoms in total. The van der Waals surface area contributed by atoms with Crippen molar-refractivity contribution in [3.63, 3.8) is 0 Å². The summed E-state index contributed by atoms with van der Waals surface area (Å²) in [6, 6.07) is 12.7. The van der Waals surface area contributed by atoms with Gasteiger partial charge in [-0.05, 0) is 61.7 Å². The van der Waals surface area contributed by atoms with Crippen LogP contribution in [0.5, 0.6) is 5.75 Å². The molecular weight excluding hydrogens is 400 g/mol. The molecule has 1 saturated heterocycles. The minimum absolute atomic E-state index is 0.159. The molecule has 162 valence electrons. The lowest BCUT2D eigenvalue weighted by Crippen LogP contribution is -2.49. The molecule has 2 aromatic rings. The zero-order chi connectivity index (χ0) is 21.7. The third-order valence-corrected chi connectivity index (χ3v) is 6.73. The summed E-state index contributed by atoms with van der Waals surface area (Å²) in [6.07, 6.45) is 2.26. The van der Waals surface area contributed by atoms with E-state index in [0.29, 0.717) is 25.2 Å². The van der Waals surface area contributed by atoms with Gasteiger partial charge < -0.3 is 14.5 Å². The molecule has 0 spiro atoms. The fourth-order valence-electron chi connectivity index (χ4n) is 3.63. The van der Waals surface area contributed by atoms with Gasteiger partial charge in [-0.25, -0.2) is 8.42 Å². The molecule has 1 heterocycles. The van der Waals surface area contributed by atoms with Crippen LogP contribution in [0.1, 0.15) is 24.0 Å². The molecule has 2 aromatic carbocycles. The lowest BCUT2D eigenvalue weighted by atomic mass is 10.1. The zero-order valence-electron chi connectivity index (χ0n) is 17.9. The summed E-state index contributed by atoms with van der Waals surface area (Å²) in [4.78, 5) is 17.1. The first-order valence-corrected chi connectivity index (χ1v) is 12.2. The summed E-state index contributed by atoms with van der Waals surface area (Å²) >= 11 is 0. The predicted molar refractivity (Wildman–Crippen MR) is 119 cm³/mol. The highest BCUT2D eigenvalue weighted by Gasteiger charge is 2.22. The standard InChI is InChI=1S/C23H30N2O4S/c1-18-6-4-7-22(19(18)2)24-13-15-25(16-14-24)23(26)8-5-17-29-20-9-11-21(12-10-20)30(3,27)28/h4,6-7,9-12H,5,8,13-17H2,1-3H3. The van der Waals surface area contributed by atoms with Crippen LogP contribution in [0, 0.1) is 13.8 Å². The second-order valence-electron chi connectivity index (χ2n) is 7.78. The first-order valence-electron chi connectivity index (χ1n) is 10.3. The average molecular weight is 431 g/mol. The van der Waals surface area contributed by atoms with Crippen LogP contribution in [0.2, 0.25) is 0 Å². The highest BCUT2D eigenvalue weighted by atomic mass is 32.2. The molecule has 1 aliphatic heterocycles. The van der Waals surface area contributed by atoms with Crippen LogP contribution in [0.25, 0.3) is 0 Å². The van der Waals surface area contributed by atoms with Crippen LogP contribution in [-0.2, 0) is 14.6 Å². The predicted octanol–water partition coefficient (Wildman–Crippen LogP) is 3.21. The number of nitrogens with zero attached hydrogens (tertiary/aromatic N) is 2. The van der Waals surface area contributed by atoms with Crippen LogP contribution in [0.3, 0.4) is 0 Å². The fourth-order valence-corrected chi connectivity index (χ4v) is 4.26. The van der Waals surface area contributed by atoms with Crippen molar-refractivity contribution >= 4 is 21.4 Å². The molecule has 30 heavy (non-hydrogen) atoms. The van der Waals surface area contributed by atoms with Gasteiger partial charge in [0, 0.05) is 44.5 Å². The van der Waals surface area contributed by atoms with Crippen LogP contribution in [-0.4, -0.2) is 58.3 Å². The summed E-state index contributed by atoms with van der Waals surface area (Å²) in [6.45, 7) is 7.86. The molecule has 0 unspecified atom stereocenters. The minimum atomic E-state index is -3.20. The van der Waals surface area contributed by atoms with Crippen LogP contribution >= 0.6 is 0 Å². The van der Waals surface area contributed by atoms with E-state index >= 15 is 0 Å². The molecule has 0 atom stereocenters. The minimum Gasteiger partial charge on any atom is -0.494 e. The molecule has 0 aliphatic carbocycles. The van der Waals surface area contributed by atoms with Crippen molar-refractivity contribution < 1.29 is 17.9 Å². The van der Waals surface area contributed by atoms with Gasteiger partial charge in [0.1, 0.15) is 5.75 Å². The van der Waals surface area contributed by atoms with Crippen LogP contribution in [0.15, 0.2) is 47.4 Å². The Morgan fingerprint density at radius 3 is 2.30 bits per heavy atom. The highest BCUT2D eigenvalue weighted by Crippen LogP contribution is 2.24. The summed E-state index contributed by atoms with van der Waals surface area (Å²) in [7, 11) is -3.20. The lowest BCUT2D eigenvalue weighted by molar-refractivity contribution is -0.131. The Morgan fingerprint density at radius 1 is 1.00 bits per heavy atom. The Labute approximate surface area is 179 Å². The first kappa shape index (κ1) is 22.2. The number of carbonyl (C=O) groups is 1. The number of rotatable bonds is 7. The maximum atomic E-state index is 12.5. The second-order valence-corrected chi connectivity index (χ2v) is 9.80. The van der Waals surface area contributed by atoms with E-state index in [0.717, 1.165) is 26.2 Å². The maximum Gasteiger partial charge on any atom is 0.222 e. The van der Waals surface area contributed by atoms with Gasteiger partial charge in [-0.3, -0.25) is 4.79 Å². The van der Waals surface area contributed by atoms with E-state index in [4.69, 9.17) is 4.74 Å². The molecule has 0 N–H and O–H groups in total. The SMILES string of the molecule is Cc1cccc(N2CCN(C(=O)CCCOc3ccc(S(C)(=O)=O)cc3)CC2)c1C. The van der Waals surface area contributed by atoms with Crippen molar-refractivity contribution in [3.8, 4) is 5.75 Å². The van der Waals surface area contributed by atoms with E-state index in [2.05, 4.69) is 36.9 Å². The van der Waals surface area contributed by atoms with Gasteiger partial charge in [0.05, 0.1) is 11.5 Å². The van der Waals surface area contributed by atoms with E-state index in [1.54, 1.807) is 12.1 Å². The summed E-state index contributed by atoms with van der Waals surface area (Å²) in [5.74, 6) is 0.767. The molecule has 0 bridgehead atoms. The number of piperazine rings is 1. The van der Waals surface area contributed by atoms with Crippen LogP contribution in [0.4, 0.5) is 5.69 Å². The number of hydrogen-bond acceptors (Lipinski definition) is 5. The van der Waals surface area contributed by atoms with Gasteiger partial charge in [-0.15, -0.1) is 0 Å². The highest BCUT2D eigenvalue weighted by molar-refractivity contribution is 7.90. The van der Waals surface area contributed by atoms with Gasteiger partial charge in [0.15, 0.2) is 9.84 Å². The van der Waals surface area contributed by atoms with Crippen molar-refractivity contribution in [3.05, 3.63) is 53.6 Å². The molecule has 3 rings (SSSR count). The second kappa shape index (κ2) is 9.51. The number of anilines is 1. The smallest absolute Gasteiger partial charge is 0.222 e. The Hall–Kier alpha value is -2.54. The van der Waals surface area contributed by atoms with Gasteiger partial charge in [-0.2, -0.15) is 0 Å². The molecule has 0 saturated carbocycles. The number of benzene rings is 2. The Kier molecular flexibility index (Phi) is 7.02. The largest absolute Gasteiger partial charge is 0.494 e. The van der Waals surface area contributed by atoms with E-state index in [9.17, 15) is 13.2 Å². The zero-order valence-corrected chi connectivity index (χ0v) is 18.7. The lowest BCUT2D eigenvalue weighted by Gasteiger charge is -2.37.